The van der Waals surface area contributed by atoms with Gasteiger partial charge in [0.25, 0.3) is 0 Å². The molecule has 2 heterocycles. The Balaban J connectivity index is 1.60. The van der Waals surface area contributed by atoms with Gasteiger partial charge in [0, 0.05) is 27.7 Å². The van der Waals surface area contributed by atoms with E-state index in [1.54, 1.807) is 12.4 Å². The third-order valence-electron chi connectivity index (χ3n) is 4.78. The number of hydrogen-bond acceptors (Lipinski definition) is 5. The van der Waals surface area contributed by atoms with Crippen molar-refractivity contribution < 1.29 is 5.11 Å². The van der Waals surface area contributed by atoms with E-state index in [4.69, 9.17) is 0 Å². The first-order valence-corrected chi connectivity index (χ1v) is 9.70. The fraction of sp³-hybridized carbons (Fsp3) is 0.300. The summed E-state index contributed by atoms with van der Waals surface area (Å²) in [7, 11) is 0. The second-order valence-corrected chi connectivity index (χ2v) is 7.60. The van der Waals surface area contributed by atoms with E-state index >= 15 is 0 Å². The predicted molar refractivity (Wildman–Crippen MR) is 108 cm³/mol. The minimum Gasteiger partial charge on any atom is -0.508 e. The largest absolute Gasteiger partial charge is 0.508 e. The van der Waals surface area contributed by atoms with E-state index in [0.717, 1.165) is 52.1 Å². The van der Waals surface area contributed by atoms with Crippen LogP contribution in [0.5, 0.6) is 5.75 Å². The van der Waals surface area contributed by atoms with Gasteiger partial charge in [-0.1, -0.05) is 22.4 Å². The van der Waals surface area contributed by atoms with Crippen molar-refractivity contribution in [1.82, 2.24) is 14.9 Å². The van der Waals surface area contributed by atoms with E-state index < -0.39 is 0 Å². The number of fused-ring (bicyclic) bond motifs is 1. The summed E-state index contributed by atoms with van der Waals surface area (Å²) in [5.74, 6) is 1.10. The maximum absolute atomic E-state index is 10.3. The summed E-state index contributed by atoms with van der Waals surface area (Å²) in [6.07, 6.45) is 5.34. The molecule has 1 aromatic heterocycles. The smallest absolute Gasteiger partial charge is 0.141 e. The van der Waals surface area contributed by atoms with Crippen molar-refractivity contribution in [2.75, 3.05) is 18.4 Å². The first-order valence-electron chi connectivity index (χ1n) is 8.90. The quantitative estimate of drug-likeness (QED) is 0.600. The Morgan fingerprint density at radius 1 is 1.04 bits per heavy atom. The van der Waals surface area contributed by atoms with E-state index in [0.29, 0.717) is 5.75 Å². The minimum absolute atomic E-state index is 0.344. The molecule has 0 amide bonds. The van der Waals surface area contributed by atoms with Crippen LogP contribution in [0.2, 0.25) is 0 Å². The Morgan fingerprint density at radius 2 is 1.88 bits per heavy atom. The zero-order valence-corrected chi connectivity index (χ0v) is 16.0. The van der Waals surface area contributed by atoms with E-state index in [2.05, 4.69) is 36.1 Å². The number of phenolic OH excluding ortho intramolecular Hbond substituents is 1. The highest BCUT2D eigenvalue weighted by Crippen LogP contribution is 2.29. The van der Waals surface area contributed by atoms with Gasteiger partial charge in [0.05, 0.1) is 5.52 Å². The van der Waals surface area contributed by atoms with E-state index in [1.807, 2.05) is 30.3 Å². The maximum atomic E-state index is 10.3. The highest BCUT2D eigenvalue weighted by atomic mass is 79.9. The van der Waals surface area contributed by atoms with Crippen LogP contribution in [0.3, 0.4) is 0 Å². The van der Waals surface area contributed by atoms with Gasteiger partial charge in [0.15, 0.2) is 0 Å². The van der Waals surface area contributed by atoms with Crippen LogP contribution >= 0.6 is 15.9 Å². The van der Waals surface area contributed by atoms with Crippen LogP contribution in [0.15, 0.2) is 47.2 Å². The van der Waals surface area contributed by atoms with Gasteiger partial charge in [-0.25, -0.2) is 9.97 Å². The molecule has 0 spiro atoms. The van der Waals surface area contributed by atoms with Crippen LogP contribution in [-0.2, 0) is 6.54 Å². The molecule has 3 aromatic rings. The van der Waals surface area contributed by atoms with Crippen LogP contribution < -0.4 is 5.32 Å². The van der Waals surface area contributed by atoms with Crippen molar-refractivity contribution >= 4 is 38.3 Å². The number of rotatable bonds is 4. The topological polar surface area (TPSA) is 61.3 Å². The van der Waals surface area contributed by atoms with Gasteiger partial charge in [-0.2, -0.15) is 0 Å². The molecule has 0 saturated carbocycles. The molecule has 134 valence electrons. The van der Waals surface area contributed by atoms with Crippen molar-refractivity contribution in [3.05, 3.63) is 52.8 Å². The lowest BCUT2D eigenvalue weighted by Gasteiger charge is -2.26. The minimum atomic E-state index is 0.344. The van der Waals surface area contributed by atoms with Crippen LogP contribution in [0.4, 0.5) is 11.5 Å². The predicted octanol–water partition coefficient (Wildman–Crippen LogP) is 4.83. The second-order valence-electron chi connectivity index (χ2n) is 6.69. The number of nitrogens with zero attached hydrogens (tertiary/aromatic N) is 3. The summed E-state index contributed by atoms with van der Waals surface area (Å²) in [6.45, 7) is 2.97. The average Bonchev–Trinajstić information content (AvgIpc) is 2.66. The summed E-state index contributed by atoms with van der Waals surface area (Å²) in [6, 6.07) is 11.6. The lowest BCUT2D eigenvalue weighted by Crippen LogP contribution is -2.29. The van der Waals surface area contributed by atoms with Gasteiger partial charge in [-0.3, -0.25) is 4.90 Å². The number of likely N-dealkylation sites (tertiary alicyclic amines) is 1. The van der Waals surface area contributed by atoms with Gasteiger partial charge < -0.3 is 10.4 Å². The van der Waals surface area contributed by atoms with E-state index in [9.17, 15) is 5.11 Å². The van der Waals surface area contributed by atoms with Gasteiger partial charge in [-0.15, -0.1) is 0 Å². The first-order chi connectivity index (χ1) is 12.7. The maximum Gasteiger partial charge on any atom is 0.141 e. The SMILES string of the molecule is Oc1ccc(Nc2ncnc3ccc(Br)cc23)cc1CN1CCCCC1. The molecule has 4 rings (SSSR count). The number of anilines is 2. The van der Waals surface area contributed by atoms with Crippen molar-refractivity contribution in [3.8, 4) is 5.75 Å². The van der Waals surface area contributed by atoms with Crippen molar-refractivity contribution in [3.63, 3.8) is 0 Å². The first kappa shape index (κ1) is 17.2. The lowest BCUT2D eigenvalue weighted by atomic mass is 10.1. The monoisotopic (exact) mass is 412 g/mol. The summed E-state index contributed by atoms with van der Waals surface area (Å²) in [4.78, 5) is 11.1. The molecule has 0 atom stereocenters. The summed E-state index contributed by atoms with van der Waals surface area (Å²) in [5, 5.41) is 14.6. The zero-order chi connectivity index (χ0) is 17.9. The molecule has 1 saturated heterocycles. The van der Waals surface area contributed by atoms with Crippen LogP contribution in [0.25, 0.3) is 10.9 Å². The highest BCUT2D eigenvalue weighted by molar-refractivity contribution is 9.10. The summed E-state index contributed by atoms with van der Waals surface area (Å²) in [5.41, 5.74) is 2.74. The molecule has 0 radical (unpaired) electrons. The summed E-state index contributed by atoms with van der Waals surface area (Å²) < 4.78 is 0.986. The average molecular weight is 413 g/mol. The molecule has 0 bridgehead atoms. The Bertz CT molecular complexity index is 925. The molecular weight excluding hydrogens is 392 g/mol. The normalized spacial score (nSPS) is 15.3. The molecule has 5 nitrogen and oxygen atoms in total. The number of hydrogen-bond donors (Lipinski definition) is 2. The fourth-order valence-corrected chi connectivity index (χ4v) is 3.77. The number of halogens is 1. The molecule has 1 aliphatic heterocycles. The van der Waals surface area contributed by atoms with E-state index in [1.165, 1.54) is 19.3 Å². The molecule has 1 fully saturated rings. The van der Waals surface area contributed by atoms with Crippen LogP contribution in [0, 0.1) is 0 Å². The zero-order valence-electron chi connectivity index (χ0n) is 14.5. The molecule has 2 N–H and O–H groups in total. The van der Waals surface area contributed by atoms with Gasteiger partial charge in [0.2, 0.25) is 0 Å². The molecule has 0 aliphatic carbocycles. The third kappa shape index (κ3) is 3.81. The Morgan fingerprint density at radius 3 is 2.73 bits per heavy atom. The molecule has 2 aromatic carbocycles. The number of phenols is 1. The fourth-order valence-electron chi connectivity index (χ4n) is 3.41. The lowest BCUT2D eigenvalue weighted by molar-refractivity contribution is 0.218. The number of benzene rings is 2. The third-order valence-corrected chi connectivity index (χ3v) is 5.28. The number of nitrogens with one attached hydrogen (secondary N) is 1. The Hall–Kier alpha value is -2.18. The van der Waals surface area contributed by atoms with Crippen molar-refractivity contribution in [1.29, 1.82) is 0 Å². The highest BCUT2D eigenvalue weighted by Gasteiger charge is 2.13. The Labute approximate surface area is 161 Å². The molecule has 0 unspecified atom stereocenters. The molecule has 26 heavy (non-hydrogen) atoms. The number of aromatic nitrogens is 2. The number of piperidine rings is 1. The van der Waals surface area contributed by atoms with Gasteiger partial charge >= 0.3 is 0 Å². The van der Waals surface area contributed by atoms with E-state index in [-0.39, 0.29) is 0 Å². The van der Waals surface area contributed by atoms with Crippen molar-refractivity contribution in [2.24, 2.45) is 0 Å². The Kier molecular flexibility index (Phi) is 5.04. The standard InChI is InChI=1S/C20H21BrN4O/c21-15-4-6-18-17(11-15)20(23-13-22-18)24-16-5-7-19(26)14(10-16)12-25-8-2-1-3-9-25/h4-7,10-11,13,26H,1-3,8-9,12H2,(H,22,23,24). The molecule has 6 heteroatoms. The number of aromatic hydroxyl groups is 1. The van der Waals surface area contributed by atoms with Gasteiger partial charge in [-0.05, 0) is 62.3 Å². The van der Waals surface area contributed by atoms with Crippen LogP contribution in [-0.4, -0.2) is 33.1 Å². The van der Waals surface area contributed by atoms with Crippen molar-refractivity contribution in [2.45, 2.75) is 25.8 Å². The second kappa shape index (κ2) is 7.60. The van der Waals surface area contributed by atoms with Crippen LogP contribution in [0.1, 0.15) is 24.8 Å². The molecule has 1 aliphatic rings. The summed E-state index contributed by atoms with van der Waals surface area (Å²) >= 11 is 3.51. The molecular formula is C20H21BrN4O. The van der Waals surface area contributed by atoms with Gasteiger partial charge in [0.1, 0.15) is 17.9 Å².